The molecule has 2 atom stereocenters. The highest BCUT2D eigenvalue weighted by Crippen LogP contribution is 2.42. The molecule has 5 heteroatoms. The van der Waals surface area contributed by atoms with Crippen LogP contribution >= 0.6 is 11.6 Å². The van der Waals surface area contributed by atoms with Crippen molar-refractivity contribution >= 4 is 11.6 Å². The molecule has 1 N–H and O–H groups in total. The molecule has 0 bridgehead atoms. The van der Waals surface area contributed by atoms with Gasteiger partial charge in [0.15, 0.2) is 0 Å². The van der Waals surface area contributed by atoms with Crippen LogP contribution in [0.15, 0.2) is 23.5 Å². The fourth-order valence-corrected chi connectivity index (χ4v) is 2.06. The van der Waals surface area contributed by atoms with Gasteiger partial charge < -0.3 is 5.11 Å². The maximum atomic E-state index is 12.7. The highest BCUT2D eigenvalue weighted by atomic mass is 35.5. The summed E-state index contributed by atoms with van der Waals surface area (Å²) in [6, 6.07) is 0. The summed E-state index contributed by atoms with van der Waals surface area (Å²) in [7, 11) is 0. The Kier molecular flexibility index (Phi) is 3.38. The number of allylic oxidation sites excluding steroid dienone is 3. The minimum Gasteiger partial charge on any atom is -0.508 e. The zero-order valence-corrected chi connectivity index (χ0v) is 9.10. The van der Waals surface area contributed by atoms with E-state index in [9.17, 15) is 18.3 Å². The van der Waals surface area contributed by atoms with Crippen molar-refractivity contribution in [2.75, 3.05) is 0 Å². The van der Waals surface area contributed by atoms with Gasteiger partial charge in [0.1, 0.15) is 5.76 Å². The summed E-state index contributed by atoms with van der Waals surface area (Å²) in [5.74, 6) is -2.19. The minimum atomic E-state index is -4.38. The maximum absolute atomic E-state index is 12.7. The van der Waals surface area contributed by atoms with Crippen molar-refractivity contribution in [1.29, 1.82) is 0 Å². The Hall–Kier alpha value is -0.640. The summed E-state index contributed by atoms with van der Waals surface area (Å²) in [6.07, 6.45) is -2.20. The first-order chi connectivity index (χ1) is 6.73. The molecular weight excluding hydrogens is 229 g/mol. The van der Waals surface area contributed by atoms with Crippen LogP contribution in [0.5, 0.6) is 0 Å². The first-order valence-electron chi connectivity index (χ1n) is 4.56. The van der Waals surface area contributed by atoms with Crippen LogP contribution in [0.3, 0.4) is 0 Å². The van der Waals surface area contributed by atoms with E-state index in [2.05, 4.69) is 0 Å². The van der Waals surface area contributed by atoms with Gasteiger partial charge in [-0.1, -0.05) is 19.4 Å². The Labute approximate surface area is 91.2 Å². The third-order valence-corrected chi connectivity index (χ3v) is 2.72. The molecule has 1 aliphatic carbocycles. The summed E-state index contributed by atoms with van der Waals surface area (Å²) < 4.78 is 38.1. The van der Waals surface area contributed by atoms with Gasteiger partial charge in [-0.3, -0.25) is 0 Å². The number of rotatable bonds is 1. The Balaban J connectivity index is 3.11. The smallest absolute Gasteiger partial charge is 0.397 e. The zero-order chi connectivity index (χ0) is 11.8. The van der Waals surface area contributed by atoms with E-state index in [0.717, 1.165) is 12.2 Å². The molecular formula is C10H12ClF3O. The number of aliphatic hydroxyl groups excluding tert-OH is 1. The molecule has 1 aliphatic rings. The zero-order valence-electron chi connectivity index (χ0n) is 8.35. The maximum Gasteiger partial charge on any atom is 0.397 e. The second-order valence-corrected chi connectivity index (χ2v) is 4.36. The van der Waals surface area contributed by atoms with Gasteiger partial charge in [-0.25, -0.2) is 0 Å². The van der Waals surface area contributed by atoms with E-state index in [4.69, 9.17) is 11.6 Å². The number of halogens is 4. The molecule has 86 valence electrons. The van der Waals surface area contributed by atoms with Crippen molar-refractivity contribution in [2.45, 2.75) is 25.4 Å². The number of hydrogen-bond acceptors (Lipinski definition) is 1. The summed E-state index contributed by atoms with van der Waals surface area (Å²) in [5, 5.41) is 7.99. The number of hydrogen-bond donors (Lipinski definition) is 1. The molecule has 15 heavy (non-hydrogen) atoms. The van der Waals surface area contributed by atoms with E-state index in [1.54, 1.807) is 13.8 Å². The Morgan fingerprint density at radius 2 is 1.93 bits per heavy atom. The Morgan fingerprint density at radius 3 is 2.33 bits per heavy atom. The van der Waals surface area contributed by atoms with Gasteiger partial charge in [-0.15, -0.1) is 11.6 Å². The lowest BCUT2D eigenvalue weighted by Crippen LogP contribution is -2.35. The average molecular weight is 241 g/mol. The first-order valence-corrected chi connectivity index (χ1v) is 5.00. The van der Waals surface area contributed by atoms with E-state index >= 15 is 0 Å². The van der Waals surface area contributed by atoms with Gasteiger partial charge in [0.25, 0.3) is 0 Å². The monoisotopic (exact) mass is 240 g/mol. The molecule has 0 saturated carbocycles. The highest BCUT2D eigenvalue weighted by molar-refractivity contribution is 6.22. The van der Waals surface area contributed by atoms with Crippen molar-refractivity contribution in [3.63, 3.8) is 0 Å². The lowest BCUT2D eigenvalue weighted by Gasteiger charge is -2.30. The SMILES string of the molecule is CC(C)C1=CC(O)=CC(Cl)C1C(F)(F)F. The normalized spacial score (nSPS) is 27.7. The molecule has 1 rings (SSSR count). The third-order valence-electron chi connectivity index (χ3n) is 2.34. The van der Waals surface area contributed by atoms with Crippen LogP contribution < -0.4 is 0 Å². The molecule has 0 aromatic heterocycles. The van der Waals surface area contributed by atoms with Crippen LogP contribution in [-0.2, 0) is 0 Å². The minimum absolute atomic E-state index is 0.127. The molecule has 0 spiro atoms. The van der Waals surface area contributed by atoms with E-state index in [1.807, 2.05) is 0 Å². The summed E-state index contributed by atoms with van der Waals surface area (Å²) in [6.45, 7) is 3.29. The van der Waals surface area contributed by atoms with Crippen molar-refractivity contribution in [3.05, 3.63) is 23.5 Å². The lowest BCUT2D eigenvalue weighted by atomic mass is 9.83. The largest absolute Gasteiger partial charge is 0.508 e. The standard InChI is InChI=1S/C10H12ClF3O/c1-5(2)7-3-6(15)4-8(11)9(7)10(12,13)14/h3-5,8-9,15H,1-2H3. The van der Waals surface area contributed by atoms with Gasteiger partial charge in [0.05, 0.1) is 11.3 Å². The van der Waals surface area contributed by atoms with E-state index in [-0.39, 0.29) is 17.3 Å². The third kappa shape index (κ3) is 2.68. The second-order valence-electron chi connectivity index (χ2n) is 3.85. The van der Waals surface area contributed by atoms with Crippen LogP contribution in [0.25, 0.3) is 0 Å². The quantitative estimate of drug-likeness (QED) is 0.691. The molecule has 1 nitrogen and oxygen atoms in total. The number of aliphatic hydroxyl groups is 1. The summed E-state index contributed by atoms with van der Waals surface area (Å²) >= 11 is 5.60. The molecule has 0 aromatic rings. The lowest BCUT2D eigenvalue weighted by molar-refractivity contribution is -0.164. The van der Waals surface area contributed by atoms with Gasteiger partial charge in [-0.2, -0.15) is 13.2 Å². The van der Waals surface area contributed by atoms with Gasteiger partial charge in [-0.05, 0) is 18.1 Å². The number of alkyl halides is 4. The highest BCUT2D eigenvalue weighted by Gasteiger charge is 2.47. The van der Waals surface area contributed by atoms with Crippen molar-refractivity contribution in [1.82, 2.24) is 0 Å². The fourth-order valence-electron chi connectivity index (χ4n) is 1.65. The molecule has 2 unspecified atom stereocenters. The molecule has 0 amide bonds. The van der Waals surface area contributed by atoms with Crippen LogP contribution in [0.1, 0.15) is 13.8 Å². The first kappa shape index (κ1) is 12.4. The molecule has 0 saturated heterocycles. The average Bonchev–Trinajstić information content (AvgIpc) is 1.99. The van der Waals surface area contributed by atoms with Crippen LogP contribution in [0.2, 0.25) is 0 Å². The molecule has 0 aromatic carbocycles. The van der Waals surface area contributed by atoms with E-state index < -0.39 is 17.5 Å². The molecule has 0 aliphatic heterocycles. The molecule has 0 fully saturated rings. The predicted molar refractivity (Wildman–Crippen MR) is 52.8 cm³/mol. The fraction of sp³-hybridized carbons (Fsp3) is 0.600. The van der Waals surface area contributed by atoms with Gasteiger partial charge in [0, 0.05) is 0 Å². The Morgan fingerprint density at radius 1 is 1.40 bits per heavy atom. The van der Waals surface area contributed by atoms with Crippen LogP contribution in [0.4, 0.5) is 13.2 Å². The Bertz CT molecular complexity index is 304. The summed E-state index contributed by atoms with van der Waals surface area (Å²) in [4.78, 5) is 0. The van der Waals surface area contributed by atoms with Crippen molar-refractivity contribution in [3.8, 4) is 0 Å². The van der Waals surface area contributed by atoms with E-state index in [0.29, 0.717) is 0 Å². The van der Waals surface area contributed by atoms with E-state index in [1.165, 1.54) is 0 Å². The van der Waals surface area contributed by atoms with Crippen LogP contribution in [0, 0.1) is 11.8 Å². The van der Waals surface area contributed by atoms with Gasteiger partial charge >= 0.3 is 6.18 Å². The molecule has 0 radical (unpaired) electrons. The molecule has 0 heterocycles. The summed E-state index contributed by atoms with van der Waals surface area (Å²) in [5.41, 5.74) is 0.127. The predicted octanol–water partition coefficient (Wildman–Crippen LogP) is 3.81. The van der Waals surface area contributed by atoms with Crippen molar-refractivity contribution in [2.24, 2.45) is 11.8 Å². The topological polar surface area (TPSA) is 20.2 Å². The van der Waals surface area contributed by atoms with Gasteiger partial charge in [0.2, 0.25) is 0 Å². The van der Waals surface area contributed by atoms with Crippen LogP contribution in [-0.4, -0.2) is 16.7 Å². The second kappa shape index (κ2) is 4.08. The van der Waals surface area contributed by atoms with Crippen molar-refractivity contribution < 1.29 is 18.3 Å².